The van der Waals surface area contributed by atoms with E-state index in [0.29, 0.717) is 50.1 Å². The number of anilines is 1. The number of ether oxygens (including phenoxy) is 3. The van der Waals surface area contributed by atoms with Crippen molar-refractivity contribution in [3.63, 3.8) is 0 Å². The summed E-state index contributed by atoms with van der Waals surface area (Å²) in [5, 5.41) is 0. The first-order valence-corrected chi connectivity index (χ1v) is 10.0. The number of benzene rings is 1. The van der Waals surface area contributed by atoms with Crippen LogP contribution < -0.4 is 24.8 Å². The van der Waals surface area contributed by atoms with Crippen molar-refractivity contribution < 1.29 is 36.2 Å². The maximum Gasteiger partial charge on any atom is 0.433 e. The van der Waals surface area contributed by atoms with E-state index < -0.39 is 34.9 Å². The molecule has 34 heavy (non-hydrogen) atoms. The fourth-order valence-corrected chi connectivity index (χ4v) is 3.72. The predicted molar refractivity (Wildman–Crippen MR) is 106 cm³/mol. The Morgan fingerprint density at radius 1 is 1.09 bits per heavy atom. The Hall–Kier alpha value is -3.90. The van der Waals surface area contributed by atoms with E-state index in [4.69, 9.17) is 14.2 Å². The van der Waals surface area contributed by atoms with Crippen molar-refractivity contribution in [3.8, 4) is 23.1 Å². The van der Waals surface area contributed by atoms with Crippen molar-refractivity contribution in [2.24, 2.45) is 0 Å². The lowest BCUT2D eigenvalue weighted by Gasteiger charge is -2.27. The minimum absolute atomic E-state index is 0.0650. The van der Waals surface area contributed by atoms with Gasteiger partial charge in [0.05, 0.1) is 12.7 Å². The Kier molecular flexibility index (Phi) is 5.25. The van der Waals surface area contributed by atoms with Crippen molar-refractivity contribution in [2.75, 3.05) is 24.6 Å². The zero-order valence-corrected chi connectivity index (χ0v) is 17.2. The second-order valence-electron chi connectivity index (χ2n) is 7.50. The highest BCUT2D eigenvalue weighted by molar-refractivity contribution is 5.61. The van der Waals surface area contributed by atoms with Gasteiger partial charge in [-0.1, -0.05) is 0 Å². The predicted octanol–water partition coefficient (Wildman–Crippen LogP) is 3.52. The van der Waals surface area contributed by atoms with Crippen LogP contribution in [0.2, 0.25) is 0 Å². The van der Waals surface area contributed by atoms with E-state index in [-0.39, 0.29) is 23.8 Å². The second-order valence-corrected chi connectivity index (χ2v) is 7.50. The molecular weight excluding hydrogens is 467 g/mol. The molecule has 0 amide bonds. The Morgan fingerprint density at radius 3 is 2.53 bits per heavy atom. The monoisotopic (exact) mass is 482 g/mol. The zero-order valence-electron chi connectivity index (χ0n) is 17.2. The molecule has 0 spiro atoms. The van der Waals surface area contributed by atoms with Gasteiger partial charge in [0, 0.05) is 13.1 Å². The lowest BCUT2D eigenvalue weighted by Crippen LogP contribution is -2.32. The van der Waals surface area contributed by atoms with Crippen LogP contribution in [0.25, 0.3) is 0 Å². The summed E-state index contributed by atoms with van der Waals surface area (Å²) in [5.41, 5.74) is -1.62. The summed E-state index contributed by atoms with van der Waals surface area (Å²) in [6.07, 6.45) is -3.94. The van der Waals surface area contributed by atoms with Crippen LogP contribution in [0, 0.1) is 11.6 Å². The van der Waals surface area contributed by atoms with Gasteiger partial charge in [0.25, 0.3) is 5.88 Å². The van der Waals surface area contributed by atoms with E-state index in [1.807, 2.05) is 4.90 Å². The van der Waals surface area contributed by atoms with Crippen LogP contribution >= 0.6 is 0 Å². The number of aromatic nitrogens is 3. The van der Waals surface area contributed by atoms with Crippen molar-refractivity contribution in [1.29, 1.82) is 0 Å². The maximum atomic E-state index is 14.5. The standard InChI is InChI=1S/C21H15F5N4O4/c22-13-7-11(8-14(23)16(13)34-12-1-2-15(27-9-12)21(24,25)26)10-33-18-17-19-29(5-6-32-17)3-4-30(19)20(31)28-18/h1-2,7-9H,3-6,10H2. The number of hydrogen-bond acceptors (Lipinski definition) is 7. The van der Waals surface area contributed by atoms with E-state index in [2.05, 4.69) is 9.97 Å². The largest absolute Gasteiger partial charge is 0.483 e. The summed E-state index contributed by atoms with van der Waals surface area (Å²) in [6, 6.07) is 3.41. The number of alkyl halides is 3. The van der Waals surface area contributed by atoms with E-state index in [1.54, 1.807) is 0 Å². The summed E-state index contributed by atoms with van der Waals surface area (Å²) < 4.78 is 84.5. The number of pyridine rings is 1. The molecule has 8 nitrogen and oxygen atoms in total. The van der Waals surface area contributed by atoms with Gasteiger partial charge >= 0.3 is 11.9 Å². The van der Waals surface area contributed by atoms with Crippen LogP contribution in [-0.4, -0.2) is 34.2 Å². The highest BCUT2D eigenvalue weighted by Gasteiger charge is 2.33. The molecule has 0 bridgehead atoms. The molecule has 0 unspecified atom stereocenters. The van der Waals surface area contributed by atoms with E-state index in [9.17, 15) is 26.7 Å². The molecule has 0 saturated carbocycles. The van der Waals surface area contributed by atoms with Crippen molar-refractivity contribution >= 4 is 5.82 Å². The van der Waals surface area contributed by atoms with E-state index in [1.165, 1.54) is 4.57 Å². The average molecular weight is 482 g/mol. The minimum Gasteiger partial charge on any atom is -0.483 e. The number of halogens is 5. The van der Waals surface area contributed by atoms with Crippen LogP contribution in [0.3, 0.4) is 0 Å². The zero-order chi connectivity index (χ0) is 24.0. The Bertz CT molecular complexity index is 1290. The molecule has 178 valence electrons. The van der Waals surface area contributed by atoms with E-state index in [0.717, 1.165) is 18.2 Å². The van der Waals surface area contributed by atoms with Crippen LogP contribution in [0.1, 0.15) is 11.3 Å². The lowest BCUT2D eigenvalue weighted by atomic mass is 10.2. The maximum absolute atomic E-state index is 14.5. The molecule has 2 aromatic heterocycles. The topological polar surface area (TPSA) is 78.7 Å². The molecule has 0 radical (unpaired) electrons. The SMILES string of the molecule is O=c1nc(OCc2cc(F)c(Oc3ccc(C(F)(F)F)nc3)c(F)c2)c2c3n1CCN3CCO2. The summed E-state index contributed by atoms with van der Waals surface area (Å²) >= 11 is 0. The van der Waals surface area contributed by atoms with Crippen molar-refractivity contribution in [3.05, 3.63) is 63.8 Å². The second kappa shape index (κ2) is 8.15. The first-order valence-electron chi connectivity index (χ1n) is 10.0. The molecule has 1 aromatic carbocycles. The lowest BCUT2D eigenvalue weighted by molar-refractivity contribution is -0.141. The molecule has 13 heteroatoms. The molecule has 0 atom stereocenters. The van der Waals surface area contributed by atoms with Gasteiger partial charge in [-0.05, 0) is 29.8 Å². The molecule has 5 rings (SSSR count). The van der Waals surface area contributed by atoms with E-state index >= 15 is 0 Å². The fraction of sp³-hybridized carbons (Fsp3) is 0.286. The first-order chi connectivity index (χ1) is 16.2. The van der Waals surface area contributed by atoms with Gasteiger partial charge in [-0.3, -0.25) is 4.57 Å². The first kappa shape index (κ1) is 21.9. The van der Waals surface area contributed by atoms with Crippen molar-refractivity contribution in [1.82, 2.24) is 14.5 Å². The molecule has 4 heterocycles. The molecule has 2 aliphatic heterocycles. The van der Waals surface area contributed by atoms with Gasteiger partial charge in [0.1, 0.15) is 24.7 Å². The summed E-state index contributed by atoms with van der Waals surface area (Å²) in [6.45, 7) is 1.77. The summed E-state index contributed by atoms with van der Waals surface area (Å²) in [7, 11) is 0. The van der Waals surface area contributed by atoms with Crippen molar-refractivity contribution in [2.45, 2.75) is 19.3 Å². The third-order valence-electron chi connectivity index (χ3n) is 5.26. The van der Waals surface area contributed by atoms with Gasteiger partial charge in [-0.15, -0.1) is 0 Å². The summed E-state index contributed by atoms with van der Waals surface area (Å²) in [4.78, 5) is 21.3. The molecule has 0 saturated heterocycles. The molecular formula is C21H15F5N4O4. The number of hydrogen-bond donors (Lipinski definition) is 0. The van der Waals surface area contributed by atoms with Gasteiger partial charge in [-0.25, -0.2) is 18.6 Å². The highest BCUT2D eigenvalue weighted by Crippen LogP contribution is 2.40. The highest BCUT2D eigenvalue weighted by atomic mass is 19.4. The third-order valence-corrected chi connectivity index (χ3v) is 5.26. The number of rotatable bonds is 5. The molecule has 0 fully saturated rings. The third kappa shape index (κ3) is 3.97. The minimum atomic E-state index is -4.66. The quantitative estimate of drug-likeness (QED) is 0.515. The Labute approximate surface area is 188 Å². The normalized spacial score (nSPS) is 14.6. The van der Waals surface area contributed by atoms with Gasteiger partial charge in [0.2, 0.25) is 5.75 Å². The van der Waals surface area contributed by atoms with Gasteiger partial charge in [-0.2, -0.15) is 18.2 Å². The average Bonchev–Trinajstić information content (AvgIpc) is 3.23. The van der Waals surface area contributed by atoms with Crippen LogP contribution in [0.4, 0.5) is 27.8 Å². The molecule has 0 N–H and O–H groups in total. The Balaban J connectivity index is 1.34. The van der Waals surface area contributed by atoms with Crippen LogP contribution in [-0.2, 0) is 19.3 Å². The van der Waals surface area contributed by atoms with Crippen LogP contribution in [0.5, 0.6) is 23.1 Å². The number of nitrogens with zero attached hydrogens (tertiary/aromatic N) is 4. The molecule has 2 aliphatic rings. The molecule has 0 aliphatic carbocycles. The van der Waals surface area contributed by atoms with Gasteiger partial charge in [0.15, 0.2) is 23.2 Å². The summed E-state index contributed by atoms with van der Waals surface area (Å²) in [5.74, 6) is -2.54. The Morgan fingerprint density at radius 2 is 1.85 bits per heavy atom. The molecule has 3 aromatic rings. The smallest absolute Gasteiger partial charge is 0.433 e. The fourth-order valence-electron chi connectivity index (χ4n) is 3.72. The van der Waals surface area contributed by atoms with Gasteiger partial charge < -0.3 is 19.1 Å². The van der Waals surface area contributed by atoms with Crippen LogP contribution in [0.15, 0.2) is 35.3 Å².